The van der Waals surface area contributed by atoms with Crippen LogP contribution in [0.3, 0.4) is 0 Å². The number of amides is 2. The molecule has 0 unspecified atom stereocenters. The molecule has 2 N–H and O–H groups in total. The van der Waals surface area contributed by atoms with Crippen molar-refractivity contribution in [1.29, 1.82) is 0 Å². The first-order chi connectivity index (χ1) is 12.0. The fraction of sp³-hybridized carbons (Fsp3) is 0.118. The highest BCUT2D eigenvalue weighted by Gasteiger charge is 2.04. The van der Waals surface area contributed by atoms with E-state index in [1.54, 1.807) is 12.1 Å². The van der Waals surface area contributed by atoms with Gasteiger partial charge in [-0.25, -0.2) is 13.6 Å². The zero-order valence-corrected chi connectivity index (χ0v) is 14.2. The Bertz CT molecular complexity index is 835. The second-order valence-electron chi connectivity index (χ2n) is 4.65. The lowest BCUT2D eigenvalue weighted by molar-refractivity contribution is 0.253. The lowest BCUT2D eigenvalue weighted by atomic mass is 10.3. The van der Waals surface area contributed by atoms with Gasteiger partial charge in [-0.05, 0) is 30.3 Å². The van der Waals surface area contributed by atoms with Crippen molar-refractivity contribution in [3.63, 3.8) is 0 Å². The molecule has 0 aromatic heterocycles. The number of halogens is 4. The van der Waals surface area contributed by atoms with Crippen LogP contribution >= 0.6 is 23.2 Å². The van der Waals surface area contributed by atoms with Gasteiger partial charge in [-0.1, -0.05) is 35.0 Å². The lowest BCUT2D eigenvalue weighted by Gasteiger charge is -2.06. The first-order valence-electron chi connectivity index (χ1n) is 6.99. The van der Waals surface area contributed by atoms with Crippen LogP contribution in [0.5, 0.6) is 5.75 Å². The number of anilines is 1. The second-order valence-corrected chi connectivity index (χ2v) is 5.47. The van der Waals surface area contributed by atoms with Gasteiger partial charge >= 0.3 is 6.03 Å². The molecule has 0 bridgehead atoms. The summed E-state index contributed by atoms with van der Waals surface area (Å²) in [5.41, 5.74) is 0.481. The number of nitrogens with one attached hydrogen (secondary N) is 2. The Labute approximate surface area is 153 Å². The summed E-state index contributed by atoms with van der Waals surface area (Å²) >= 11 is 11.6. The highest BCUT2D eigenvalue weighted by atomic mass is 35.5. The highest BCUT2D eigenvalue weighted by Crippen LogP contribution is 2.24. The predicted octanol–water partition coefficient (Wildman–Crippen LogP) is 4.48. The molecule has 2 aromatic carbocycles. The number of hydrogen-bond acceptors (Lipinski definition) is 2. The average molecular weight is 385 g/mol. The van der Waals surface area contributed by atoms with E-state index >= 15 is 0 Å². The van der Waals surface area contributed by atoms with Crippen LogP contribution in [0.25, 0.3) is 0 Å². The van der Waals surface area contributed by atoms with Crippen molar-refractivity contribution in [1.82, 2.24) is 5.32 Å². The summed E-state index contributed by atoms with van der Waals surface area (Å²) in [4.78, 5) is 11.7. The molecule has 0 saturated carbocycles. The standard InChI is InChI=1S/C17H12Cl2F2N2O2/c18-13-5-4-12(10-14(13)19)23-17(24)22-7-1-2-8-25-16-6-3-11(20)9-15(16)21/h3-6,9-10H,7-8H2,(H2,22,23,24). The molecule has 2 amide bonds. The molecule has 130 valence electrons. The van der Waals surface area contributed by atoms with Gasteiger partial charge in [-0.3, -0.25) is 0 Å². The van der Waals surface area contributed by atoms with Gasteiger partial charge in [0.25, 0.3) is 0 Å². The van der Waals surface area contributed by atoms with Crippen LogP contribution in [0.2, 0.25) is 10.0 Å². The van der Waals surface area contributed by atoms with Gasteiger partial charge in [0, 0.05) is 11.8 Å². The molecule has 25 heavy (non-hydrogen) atoms. The largest absolute Gasteiger partial charge is 0.478 e. The number of benzene rings is 2. The molecule has 4 nitrogen and oxygen atoms in total. The topological polar surface area (TPSA) is 50.4 Å². The Kier molecular flexibility index (Phi) is 6.87. The van der Waals surface area contributed by atoms with Crippen molar-refractivity contribution in [3.8, 4) is 17.6 Å². The third kappa shape index (κ3) is 6.14. The number of carbonyl (C=O) groups excluding carboxylic acids is 1. The first kappa shape index (κ1) is 18.8. The van der Waals surface area contributed by atoms with E-state index in [0.717, 1.165) is 12.1 Å². The van der Waals surface area contributed by atoms with Crippen molar-refractivity contribution in [2.45, 2.75) is 0 Å². The molecule has 0 aliphatic carbocycles. The number of ether oxygens (including phenoxy) is 1. The molecule has 2 aromatic rings. The number of hydrogen-bond donors (Lipinski definition) is 2. The first-order valence-corrected chi connectivity index (χ1v) is 7.75. The minimum Gasteiger partial charge on any atom is -0.478 e. The number of urea groups is 1. The predicted molar refractivity (Wildman–Crippen MR) is 93.1 cm³/mol. The van der Waals surface area contributed by atoms with Crippen LogP contribution in [0.1, 0.15) is 0 Å². The van der Waals surface area contributed by atoms with Crippen LogP contribution in [0.4, 0.5) is 19.3 Å². The minimum absolute atomic E-state index is 0.0580. The van der Waals surface area contributed by atoms with Crippen LogP contribution < -0.4 is 15.4 Å². The summed E-state index contributed by atoms with van der Waals surface area (Å²) in [5.74, 6) is 3.64. The molecule has 0 aliphatic rings. The molecule has 2 rings (SSSR count). The van der Waals surface area contributed by atoms with Gasteiger partial charge in [0.2, 0.25) is 0 Å². The Morgan fingerprint density at radius 3 is 2.60 bits per heavy atom. The maximum absolute atomic E-state index is 13.3. The van der Waals surface area contributed by atoms with Crippen molar-refractivity contribution in [2.75, 3.05) is 18.5 Å². The zero-order chi connectivity index (χ0) is 18.2. The number of carbonyl (C=O) groups is 1. The molecule has 0 heterocycles. The molecule has 8 heteroatoms. The quantitative estimate of drug-likeness (QED) is 0.763. The van der Waals surface area contributed by atoms with Crippen LogP contribution in [-0.4, -0.2) is 19.2 Å². The van der Waals surface area contributed by atoms with E-state index in [-0.39, 0.29) is 18.9 Å². The van der Waals surface area contributed by atoms with E-state index in [1.165, 1.54) is 12.1 Å². The van der Waals surface area contributed by atoms with Crippen molar-refractivity contribution in [2.24, 2.45) is 0 Å². The van der Waals surface area contributed by atoms with Gasteiger partial charge in [-0.2, -0.15) is 0 Å². The van der Waals surface area contributed by atoms with E-state index in [4.69, 9.17) is 27.9 Å². The summed E-state index contributed by atoms with van der Waals surface area (Å²) < 4.78 is 31.1. The van der Waals surface area contributed by atoms with Crippen LogP contribution in [0, 0.1) is 23.5 Å². The molecule has 0 saturated heterocycles. The summed E-state index contributed by atoms with van der Waals surface area (Å²) in [6.07, 6.45) is 0. The summed E-state index contributed by atoms with van der Waals surface area (Å²) in [6.45, 7) is -0.0406. The number of rotatable bonds is 4. The SMILES string of the molecule is O=C(NCC#CCOc1ccc(F)cc1F)Nc1ccc(Cl)c(Cl)c1. The van der Waals surface area contributed by atoms with Gasteiger partial charge in [0.05, 0.1) is 16.6 Å². The Hall–Kier alpha value is -2.49. The van der Waals surface area contributed by atoms with Crippen molar-refractivity contribution < 1.29 is 18.3 Å². The van der Waals surface area contributed by atoms with Crippen LogP contribution in [-0.2, 0) is 0 Å². The van der Waals surface area contributed by atoms with E-state index in [9.17, 15) is 13.6 Å². The summed E-state index contributed by atoms with van der Waals surface area (Å²) in [5, 5.41) is 5.77. The van der Waals surface area contributed by atoms with E-state index in [1.807, 2.05) is 0 Å². The van der Waals surface area contributed by atoms with Gasteiger partial charge < -0.3 is 15.4 Å². The van der Waals surface area contributed by atoms with E-state index in [0.29, 0.717) is 15.7 Å². The Morgan fingerprint density at radius 2 is 1.88 bits per heavy atom. The third-order valence-electron chi connectivity index (χ3n) is 2.83. The van der Waals surface area contributed by atoms with E-state index < -0.39 is 17.7 Å². The smallest absolute Gasteiger partial charge is 0.319 e. The fourth-order valence-electron chi connectivity index (χ4n) is 1.69. The summed E-state index contributed by atoms with van der Waals surface area (Å²) in [6, 6.07) is 7.18. The average Bonchev–Trinajstić information content (AvgIpc) is 2.56. The Balaban J connectivity index is 1.72. The van der Waals surface area contributed by atoms with Gasteiger partial charge in [0.1, 0.15) is 12.4 Å². The molecule has 0 spiro atoms. The van der Waals surface area contributed by atoms with Crippen molar-refractivity contribution >= 4 is 34.9 Å². The monoisotopic (exact) mass is 384 g/mol. The van der Waals surface area contributed by atoms with Gasteiger partial charge in [0.15, 0.2) is 11.6 Å². The lowest BCUT2D eigenvalue weighted by Crippen LogP contribution is -2.28. The molecule has 0 radical (unpaired) electrons. The second kappa shape index (κ2) is 9.11. The zero-order valence-electron chi connectivity index (χ0n) is 12.7. The maximum atomic E-state index is 13.3. The molecular weight excluding hydrogens is 373 g/mol. The molecule has 0 atom stereocenters. The van der Waals surface area contributed by atoms with Crippen LogP contribution in [0.15, 0.2) is 36.4 Å². The maximum Gasteiger partial charge on any atom is 0.319 e. The normalized spacial score (nSPS) is 9.76. The highest BCUT2D eigenvalue weighted by molar-refractivity contribution is 6.42. The minimum atomic E-state index is -0.805. The molecule has 0 aliphatic heterocycles. The fourth-order valence-corrected chi connectivity index (χ4v) is 1.99. The van der Waals surface area contributed by atoms with Gasteiger partial charge in [-0.15, -0.1) is 0 Å². The van der Waals surface area contributed by atoms with E-state index in [2.05, 4.69) is 22.5 Å². The van der Waals surface area contributed by atoms with Crippen molar-refractivity contribution in [3.05, 3.63) is 58.1 Å². The molecular formula is C17H12Cl2F2N2O2. The molecule has 0 fully saturated rings. The Morgan fingerprint density at radius 1 is 1.08 bits per heavy atom. The third-order valence-corrected chi connectivity index (χ3v) is 3.57. The summed E-state index contributed by atoms with van der Waals surface area (Å²) in [7, 11) is 0.